The lowest BCUT2D eigenvalue weighted by molar-refractivity contribution is 0.258. The van der Waals surface area contributed by atoms with Crippen LogP contribution >= 0.6 is 0 Å². The van der Waals surface area contributed by atoms with Gasteiger partial charge in [-0.1, -0.05) is 17.7 Å². The highest BCUT2D eigenvalue weighted by atomic mass is 32.2. The summed E-state index contributed by atoms with van der Waals surface area (Å²) in [5.41, 5.74) is 2.21. The molecule has 0 heterocycles. The molecule has 1 rings (SSSR count). The molecule has 0 fully saturated rings. The van der Waals surface area contributed by atoms with Gasteiger partial charge in [-0.15, -0.1) is 4.91 Å². The average molecular weight is 228 g/mol. The second-order valence-electron chi connectivity index (χ2n) is 2.81. The fourth-order valence-corrected chi connectivity index (χ4v) is 1.79. The van der Waals surface area contributed by atoms with Gasteiger partial charge in [-0.3, -0.25) is 4.79 Å². The first-order valence-electron chi connectivity index (χ1n) is 3.92. The summed E-state index contributed by atoms with van der Waals surface area (Å²) >= 11 is 0. The van der Waals surface area contributed by atoms with Crippen LogP contribution in [0, 0.1) is 11.8 Å². The molecule has 0 saturated carbocycles. The summed E-state index contributed by atoms with van der Waals surface area (Å²) in [4.78, 5) is 20.5. The van der Waals surface area contributed by atoms with Gasteiger partial charge in [0.25, 0.3) is 9.84 Å². The average Bonchev–Trinajstić information content (AvgIpc) is 2.18. The Bertz CT molecular complexity index is 478. The minimum atomic E-state index is -4.16. The topological polar surface area (TPSA) is 92.7 Å². The first kappa shape index (κ1) is 11.3. The van der Waals surface area contributed by atoms with Crippen LogP contribution in [0.15, 0.2) is 34.4 Å². The third kappa shape index (κ3) is 2.38. The van der Waals surface area contributed by atoms with Gasteiger partial charge in [0.1, 0.15) is 0 Å². The van der Waals surface area contributed by atoms with Gasteiger partial charge in [-0.05, 0) is 19.1 Å². The number of rotatable bonds is 2. The predicted molar refractivity (Wildman–Crippen MR) is 52.7 cm³/mol. The zero-order chi connectivity index (χ0) is 11.5. The van der Waals surface area contributed by atoms with Crippen LogP contribution in [0.3, 0.4) is 0 Å². The lowest BCUT2D eigenvalue weighted by Gasteiger charge is -2.01. The minimum absolute atomic E-state index is 0.172. The molecule has 1 amide bonds. The Morgan fingerprint density at radius 3 is 2.27 bits per heavy atom. The summed E-state index contributed by atoms with van der Waals surface area (Å²) < 4.78 is 22.8. The lowest BCUT2D eigenvalue weighted by atomic mass is 10.2. The number of hydrogen-bond acceptors (Lipinski definition) is 5. The van der Waals surface area contributed by atoms with E-state index in [0.717, 1.165) is 5.56 Å². The Balaban J connectivity index is 3.11. The van der Waals surface area contributed by atoms with E-state index in [1.807, 2.05) is 5.29 Å². The maximum Gasteiger partial charge on any atom is 0.363 e. The number of hydrogen-bond donors (Lipinski definition) is 1. The Labute approximate surface area is 86.2 Å². The van der Waals surface area contributed by atoms with Crippen molar-refractivity contribution in [3.05, 3.63) is 34.7 Å². The van der Waals surface area contributed by atoms with Crippen LogP contribution in [0.5, 0.6) is 0 Å². The standard InChI is InChI=1S/C8H8N2O4S/c1-6-2-4-7(5-3-6)15(13,14)8(11)9-10-12/h2-5H,1H3,(H,9,11,12). The van der Waals surface area contributed by atoms with Crippen molar-refractivity contribution < 1.29 is 13.2 Å². The molecule has 1 N–H and O–H groups in total. The molecule has 0 unspecified atom stereocenters. The van der Waals surface area contributed by atoms with Gasteiger partial charge in [0, 0.05) is 0 Å². The molecule has 0 atom stereocenters. The Hall–Kier alpha value is -1.76. The molecular weight excluding hydrogens is 220 g/mol. The van der Waals surface area contributed by atoms with Crippen LogP contribution in [0.25, 0.3) is 0 Å². The van der Waals surface area contributed by atoms with E-state index in [9.17, 15) is 18.1 Å². The molecule has 0 saturated heterocycles. The summed E-state index contributed by atoms with van der Waals surface area (Å²) in [6.45, 7) is 1.78. The number of benzene rings is 1. The van der Waals surface area contributed by atoms with Crippen molar-refractivity contribution in [1.82, 2.24) is 5.43 Å². The van der Waals surface area contributed by atoms with E-state index in [0.29, 0.717) is 0 Å². The SMILES string of the molecule is Cc1ccc(S(=O)(=O)C(=O)NN=O)cc1. The molecule has 0 aromatic heterocycles. The van der Waals surface area contributed by atoms with Crippen LogP contribution in [0.4, 0.5) is 4.79 Å². The molecule has 0 spiro atoms. The van der Waals surface area contributed by atoms with Gasteiger partial charge < -0.3 is 0 Å². The number of amides is 1. The second kappa shape index (κ2) is 4.18. The van der Waals surface area contributed by atoms with E-state index in [4.69, 9.17) is 0 Å². The van der Waals surface area contributed by atoms with E-state index in [1.54, 1.807) is 19.1 Å². The number of nitroso groups, excluding NO2 is 1. The van der Waals surface area contributed by atoms with Crippen LogP contribution < -0.4 is 5.43 Å². The van der Waals surface area contributed by atoms with Crippen molar-refractivity contribution in [2.24, 2.45) is 5.29 Å². The summed E-state index contributed by atoms with van der Waals surface area (Å²) in [6.07, 6.45) is 0. The molecule has 1 aromatic rings. The monoisotopic (exact) mass is 228 g/mol. The number of carbonyl (C=O) groups is 1. The molecule has 7 heteroatoms. The number of carbonyl (C=O) groups excluding carboxylic acids is 1. The summed E-state index contributed by atoms with van der Waals surface area (Å²) in [7, 11) is -4.16. The van der Waals surface area contributed by atoms with Crippen molar-refractivity contribution in [2.45, 2.75) is 11.8 Å². The third-order valence-electron chi connectivity index (χ3n) is 1.71. The van der Waals surface area contributed by atoms with Gasteiger partial charge >= 0.3 is 5.24 Å². The zero-order valence-electron chi connectivity index (χ0n) is 7.80. The Morgan fingerprint density at radius 2 is 1.80 bits per heavy atom. The molecule has 1 aromatic carbocycles. The van der Waals surface area contributed by atoms with E-state index in [2.05, 4.69) is 0 Å². The third-order valence-corrected chi connectivity index (χ3v) is 3.18. The van der Waals surface area contributed by atoms with Crippen LogP contribution in [0.1, 0.15) is 5.56 Å². The molecule has 15 heavy (non-hydrogen) atoms. The molecule has 0 bridgehead atoms. The summed E-state index contributed by atoms with van der Waals surface area (Å²) in [5.74, 6) is 0. The van der Waals surface area contributed by atoms with Crippen LogP contribution in [-0.2, 0) is 9.84 Å². The maximum absolute atomic E-state index is 11.4. The second-order valence-corrected chi connectivity index (χ2v) is 4.66. The van der Waals surface area contributed by atoms with E-state index >= 15 is 0 Å². The highest BCUT2D eigenvalue weighted by Gasteiger charge is 2.24. The highest BCUT2D eigenvalue weighted by molar-refractivity contribution is 8.06. The number of sulfone groups is 1. The van der Waals surface area contributed by atoms with Gasteiger partial charge in [0.05, 0.1) is 10.2 Å². The molecule has 0 aliphatic heterocycles. The fourth-order valence-electron chi connectivity index (χ4n) is 0.922. The largest absolute Gasteiger partial charge is 0.363 e. The van der Waals surface area contributed by atoms with Crippen molar-refractivity contribution in [2.75, 3.05) is 0 Å². The van der Waals surface area contributed by atoms with Crippen molar-refractivity contribution in [3.63, 3.8) is 0 Å². The lowest BCUT2D eigenvalue weighted by Crippen LogP contribution is -2.25. The van der Waals surface area contributed by atoms with E-state index in [-0.39, 0.29) is 4.90 Å². The molecule has 0 radical (unpaired) electrons. The maximum atomic E-state index is 11.4. The van der Waals surface area contributed by atoms with Crippen LogP contribution in [0.2, 0.25) is 0 Å². The Kier molecular flexibility index (Phi) is 3.15. The molecular formula is C8H8N2O4S. The first-order valence-corrected chi connectivity index (χ1v) is 5.41. The number of aryl methyl sites for hydroxylation is 1. The van der Waals surface area contributed by atoms with Gasteiger partial charge in [0.2, 0.25) is 0 Å². The Morgan fingerprint density at radius 1 is 1.27 bits per heavy atom. The number of nitrogens with one attached hydrogen (secondary N) is 1. The first-order chi connectivity index (χ1) is 6.98. The quantitative estimate of drug-likeness (QED) is 0.607. The number of nitrogens with zero attached hydrogens (tertiary/aromatic N) is 1. The van der Waals surface area contributed by atoms with Crippen molar-refractivity contribution >= 4 is 15.1 Å². The molecule has 0 aliphatic carbocycles. The molecule has 0 aliphatic rings. The normalized spacial score (nSPS) is 10.7. The fraction of sp³-hybridized carbons (Fsp3) is 0.125. The van der Waals surface area contributed by atoms with Crippen LogP contribution in [-0.4, -0.2) is 13.7 Å². The molecule has 80 valence electrons. The van der Waals surface area contributed by atoms with Gasteiger partial charge in [-0.25, -0.2) is 8.42 Å². The van der Waals surface area contributed by atoms with E-state index < -0.39 is 15.1 Å². The van der Waals surface area contributed by atoms with E-state index in [1.165, 1.54) is 17.6 Å². The van der Waals surface area contributed by atoms with Gasteiger partial charge in [-0.2, -0.15) is 5.43 Å². The minimum Gasteiger partial charge on any atom is -0.254 e. The zero-order valence-corrected chi connectivity index (χ0v) is 8.61. The summed E-state index contributed by atoms with van der Waals surface area (Å²) in [6, 6.07) is 5.67. The van der Waals surface area contributed by atoms with Crippen molar-refractivity contribution in [1.29, 1.82) is 0 Å². The highest BCUT2D eigenvalue weighted by Crippen LogP contribution is 2.12. The smallest absolute Gasteiger partial charge is 0.254 e. The summed E-state index contributed by atoms with van der Waals surface area (Å²) in [5, 5.41) is 0.587. The van der Waals surface area contributed by atoms with Crippen molar-refractivity contribution in [3.8, 4) is 0 Å². The van der Waals surface area contributed by atoms with Gasteiger partial charge in [0.15, 0.2) is 0 Å². The predicted octanol–water partition coefficient (Wildman–Crippen LogP) is 1.16. The molecule has 6 nitrogen and oxygen atoms in total.